The van der Waals surface area contributed by atoms with Gasteiger partial charge in [0.25, 0.3) is 0 Å². The maximum absolute atomic E-state index is 12.6. The molecule has 7 heteroatoms. The molecule has 0 spiro atoms. The monoisotopic (exact) mass is 414 g/mol. The summed E-state index contributed by atoms with van der Waals surface area (Å²) in [5.41, 5.74) is 2.38. The first kappa shape index (κ1) is 21.2. The molecule has 0 aliphatic carbocycles. The molecule has 2 aromatic rings. The zero-order chi connectivity index (χ0) is 20.6. The number of nitrogens with zero attached hydrogens (tertiary/aromatic N) is 2. The Morgan fingerprint density at radius 3 is 2.93 bits per heavy atom. The van der Waals surface area contributed by atoms with Gasteiger partial charge in [0.05, 0.1) is 6.54 Å². The summed E-state index contributed by atoms with van der Waals surface area (Å²) in [5, 5.41) is 8.57. The number of fused-ring (bicyclic) bond motifs is 1. The molecule has 2 N–H and O–H groups in total. The number of ether oxygens (including phenoxy) is 1. The van der Waals surface area contributed by atoms with E-state index in [1.807, 2.05) is 49.9 Å². The van der Waals surface area contributed by atoms with Gasteiger partial charge < -0.3 is 20.3 Å². The summed E-state index contributed by atoms with van der Waals surface area (Å²) in [7, 11) is 0. The molecule has 29 heavy (non-hydrogen) atoms. The second-order valence-electron chi connectivity index (χ2n) is 7.20. The molecule has 0 bridgehead atoms. The highest BCUT2D eigenvalue weighted by molar-refractivity contribution is 7.10. The number of thiophene rings is 1. The van der Waals surface area contributed by atoms with Gasteiger partial charge in [0.2, 0.25) is 5.91 Å². The van der Waals surface area contributed by atoms with E-state index < -0.39 is 0 Å². The van der Waals surface area contributed by atoms with Crippen molar-refractivity contribution in [3.05, 3.63) is 51.7 Å². The van der Waals surface area contributed by atoms with E-state index in [0.29, 0.717) is 19.0 Å². The summed E-state index contributed by atoms with van der Waals surface area (Å²) in [5.74, 6) is 1.58. The van der Waals surface area contributed by atoms with Gasteiger partial charge in [-0.25, -0.2) is 4.99 Å². The van der Waals surface area contributed by atoms with E-state index in [1.165, 1.54) is 10.4 Å². The van der Waals surface area contributed by atoms with Crippen molar-refractivity contribution in [1.82, 2.24) is 15.5 Å². The first-order valence-corrected chi connectivity index (χ1v) is 11.0. The Balaban J connectivity index is 1.50. The average Bonchev–Trinajstić information content (AvgIpc) is 3.19. The van der Waals surface area contributed by atoms with Gasteiger partial charge in [0.15, 0.2) is 5.96 Å². The average molecular weight is 415 g/mol. The van der Waals surface area contributed by atoms with Crippen LogP contribution in [-0.4, -0.2) is 49.0 Å². The summed E-state index contributed by atoms with van der Waals surface area (Å²) in [4.78, 5) is 20.4. The summed E-state index contributed by atoms with van der Waals surface area (Å²) in [6.07, 6.45) is 0.906. The third kappa shape index (κ3) is 5.97. The standard InChI is InChI=1S/C22H30N4O2S/c1-4-23-22(24-13-17(3)28-19-8-6-5-7-16(19)2)25-14-21(27)26-11-9-20-18(15-26)10-12-29-20/h5-8,10,12,17H,4,9,11,13-15H2,1-3H3,(H2,23,24,25). The number of guanidine groups is 1. The topological polar surface area (TPSA) is 66.0 Å². The number of nitrogens with one attached hydrogen (secondary N) is 2. The van der Waals surface area contributed by atoms with Gasteiger partial charge in [-0.05, 0) is 55.8 Å². The quantitative estimate of drug-likeness (QED) is 0.540. The van der Waals surface area contributed by atoms with E-state index in [0.717, 1.165) is 30.8 Å². The normalized spacial score (nSPS) is 14.9. The summed E-state index contributed by atoms with van der Waals surface area (Å²) >= 11 is 1.78. The first-order chi connectivity index (χ1) is 14.1. The molecule has 6 nitrogen and oxygen atoms in total. The van der Waals surface area contributed by atoms with Crippen LogP contribution in [0.4, 0.5) is 0 Å². The van der Waals surface area contributed by atoms with Gasteiger partial charge in [0, 0.05) is 24.5 Å². The minimum Gasteiger partial charge on any atom is -0.489 e. The van der Waals surface area contributed by atoms with Crippen LogP contribution in [0.15, 0.2) is 40.7 Å². The smallest absolute Gasteiger partial charge is 0.244 e. The molecule has 0 radical (unpaired) electrons. The zero-order valence-electron chi connectivity index (χ0n) is 17.4. The van der Waals surface area contributed by atoms with E-state index in [1.54, 1.807) is 11.3 Å². The second kappa shape index (κ2) is 10.3. The fourth-order valence-corrected chi connectivity index (χ4v) is 4.13. The molecule has 1 aromatic carbocycles. The van der Waals surface area contributed by atoms with Gasteiger partial charge in [-0.2, -0.15) is 0 Å². The van der Waals surface area contributed by atoms with Gasteiger partial charge in [-0.15, -0.1) is 11.3 Å². The third-order valence-electron chi connectivity index (χ3n) is 4.86. The van der Waals surface area contributed by atoms with E-state index in [2.05, 4.69) is 27.1 Å². The van der Waals surface area contributed by atoms with Crippen molar-refractivity contribution >= 4 is 23.2 Å². The number of aryl methyl sites for hydroxylation is 1. The Morgan fingerprint density at radius 2 is 2.14 bits per heavy atom. The lowest BCUT2D eigenvalue weighted by atomic mass is 10.1. The SMILES string of the molecule is CCNC(=NCC(=O)N1CCc2sccc2C1)NCC(C)Oc1ccccc1C. The van der Waals surface area contributed by atoms with Gasteiger partial charge >= 0.3 is 0 Å². The summed E-state index contributed by atoms with van der Waals surface area (Å²) < 4.78 is 6.00. The molecular formula is C22H30N4O2S. The molecule has 1 atom stereocenters. The highest BCUT2D eigenvalue weighted by atomic mass is 32.1. The van der Waals surface area contributed by atoms with Crippen LogP contribution in [0.2, 0.25) is 0 Å². The van der Waals surface area contributed by atoms with Crippen molar-refractivity contribution in [1.29, 1.82) is 0 Å². The Hall–Kier alpha value is -2.54. The van der Waals surface area contributed by atoms with Gasteiger partial charge in [-0.3, -0.25) is 4.79 Å². The van der Waals surface area contributed by atoms with E-state index in [9.17, 15) is 4.79 Å². The Bertz CT molecular complexity index is 849. The number of carbonyl (C=O) groups excluding carboxylic acids is 1. The van der Waals surface area contributed by atoms with Crippen LogP contribution in [0.3, 0.4) is 0 Å². The van der Waals surface area contributed by atoms with Crippen molar-refractivity contribution in [2.24, 2.45) is 4.99 Å². The molecule has 1 aromatic heterocycles. The molecule has 1 unspecified atom stereocenters. The molecule has 1 amide bonds. The van der Waals surface area contributed by atoms with Crippen LogP contribution in [0.5, 0.6) is 5.75 Å². The van der Waals surface area contributed by atoms with Crippen molar-refractivity contribution in [3.63, 3.8) is 0 Å². The summed E-state index contributed by atoms with van der Waals surface area (Å²) in [6, 6.07) is 10.1. The maximum atomic E-state index is 12.6. The fraction of sp³-hybridized carbons (Fsp3) is 0.455. The maximum Gasteiger partial charge on any atom is 0.244 e. The van der Waals surface area contributed by atoms with Crippen molar-refractivity contribution in [3.8, 4) is 5.75 Å². The lowest BCUT2D eigenvalue weighted by Crippen LogP contribution is -2.43. The third-order valence-corrected chi connectivity index (χ3v) is 5.88. The number of aliphatic imine (C=N–C) groups is 1. The number of amides is 1. The van der Waals surface area contributed by atoms with Crippen LogP contribution < -0.4 is 15.4 Å². The van der Waals surface area contributed by atoms with E-state index in [4.69, 9.17) is 4.74 Å². The number of hydrogen-bond acceptors (Lipinski definition) is 4. The number of hydrogen-bond donors (Lipinski definition) is 2. The molecule has 2 heterocycles. The Morgan fingerprint density at radius 1 is 1.31 bits per heavy atom. The van der Waals surface area contributed by atoms with Gasteiger partial charge in [0.1, 0.15) is 18.4 Å². The van der Waals surface area contributed by atoms with Crippen LogP contribution in [0.1, 0.15) is 29.9 Å². The zero-order valence-corrected chi connectivity index (χ0v) is 18.2. The van der Waals surface area contributed by atoms with Crippen LogP contribution in [-0.2, 0) is 17.8 Å². The Kier molecular flexibility index (Phi) is 7.52. The number of benzene rings is 1. The lowest BCUT2D eigenvalue weighted by Gasteiger charge is -2.26. The first-order valence-electron chi connectivity index (χ1n) is 10.1. The number of para-hydroxylation sites is 1. The van der Waals surface area contributed by atoms with E-state index >= 15 is 0 Å². The van der Waals surface area contributed by atoms with Crippen LogP contribution in [0.25, 0.3) is 0 Å². The molecule has 156 valence electrons. The Labute approximate surface area is 177 Å². The predicted octanol–water partition coefficient (Wildman–Crippen LogP) is 2.96. The molecule has 1 aliphatic heterocycles. The predicted molar refractivity (Wildman–Crippen MR) is 119 cm³/mol. The van der Waals surface area contributed by atoms with Crippen molar-refractivity contribution < 1.29 is 9.53 Å². The lowest BCUT2D eigenvalue weighted by molar-refractivity contribution is -0.130. The minimum absolute atomic E-state index is 0.0326. The van der Waals surface area contributed by atoms with Crippen LogP contribution >= 0.6 is 11.3 Å². The highest BCUT2D eigenvalue weighted by Crippen LogP contribution is 2.24. The van der Waals surface area contributed by atoms with E-state index in [-0.39, 0.29) is 18.6 Å². The minimum atomic E-state index is -0.0326. The van der Waals surface area contributed by atoms with Gasteiger partial charge in [-0.1, -0.05) is 18.2 Å². The molecule has 0 saturated carbocycles. The second-order valence-corrected chi connectivity index (χ2v) is 8.21. The molecule has 0 fully saturated rings. The largest absolute Gasteiger partial charge is 0.489 e. The summed E-state index contributed by atoms with van der Waals surface area (Å²) in [6.45, 7) is 8.99. The molecular weight excluding hydrogens is 384 g/mol. The molecule has 1 aliphatic rings. The highest BCUT2D eigenvalue weighted by Gasteiger charge is 2.21. The van der Waals surface area contributed by atoms with Crippen molar-refractivity contribution in [2.75, 3.05) is 26.2 Å². The molecule has 3 rings (SSSR count). The fourth-order valence-electron chi connectivity index (χ4n) is 3.24. The molecule has 0 saturated heterocycles. The number of carbonyl (C=O) groups is 1. The number of rotatable bonds is 7. The van der Waals surface area contributed by atoms with Crippen molar-refractivity contribution in [2.45, 2.75) is 39.8 Å². The van der Waals surface area contributed by atoms with Crippen LogP contribution in [0, 0.1) is 6.92 Å².